The van der Waals surface area contributed by atoms with Crippen LogP contribution in [0.1, 0.15) is 16.1 Å². The number of hydrogen-bond donors (Lipinski definition) is 1. The summed E-state index contributed by atoms with van der Waals surface area (Å²) in [7, 11) is 1.75. The Bertz CT molecular complexity index is 1350. The molecule has 1 N–H and O–H groups in total. The van der Waals surface area contributed by atoms with Crippen LogP contribution in [-0.4, -0.2) is 43.7 Å². The monoisotopic (exact) mass is 475 g/mol. The number of rotatable bonds is 7. The number of carbonyl (C=O) groups excluding carboxylic acids is 2. The Labute approximate surface area is 199 Å². The van der Waals surface area contributed by atoms with Crippen LogP contribution in [0.2, 0.25) is 0 Å². The second-order valence-electron chi connectivity index (χ2n) is 7.62. The minimum Gasteiger partial charge on any atom is -0.454 e. The summed E-state index contributed by atoms with van der Waals surface area (Å²) in [5, 5.41) is 11.7. The van der Waals surface area contributed by atoms with Crippen molar-refractivity contribution >= 4 is 23.6 Å². The van der Waals surface area contributed by atoms with E-state index >= 15 is 0 Å². The molecule has 0 atom stereocenters. The SMILES string of the molecule is Cn1cccc1C(=O)NC(=O)CSc1nnc(-c2ccccc2)n1Cc1ccc2c(c1)OCO2. The van der Waals surface area contributed by atoms with Crippen LogP contribution in [0.3, 0.4) is 0 Å². The average Bonchev–Trinajstić information content (AvgIpc) is 3.58. The predicted molar refractivity (Wildman–Crippen MR) is 126 cm³/mol. The fourth-order valence-corrected chi connectivity index (χ4v) is 4.35. The molecule has 0 saturated carbocycles. The van der Waals surface area contributed by atoms with Crippen molar-refractivity contribution in [1.82, 2.24) is 24.6 Å². The van der Waals surface area contributed by atoms with E-state index in [9.17, 15) is 9.59 Å². The van der Waals surface area contributed by atoms with Gasteiger partial charge >= 0.3 is 0 Å². The van der Waals surface area contributed by atoms with E-state index in [2.05, 4.69) is 15.5 Å². The third kappa shape index (κ3) is 4.53. The lowest BCUT2D eigenvalue weighted by atomic mass is 10.2. The highest BCUT2D eigenvalue weighted by Gasteiger charge is 2.19. The summed E-state index contributed by atoms with van der Waals surface area (Å²) in [6.45, 7) is 0.679. The van der Waals surface area contributed by atoms with Crippen LogP contribution in [0.5, 0.6) is 11.5 Å². The van der Waals surface area contributed by atoms with Gasteiger partial charge in [-0.1, -0.05) is 48.2 Å². The standard InChI is InChI=1S/C24H21N5O4S/c1-28-11-5-8-18(28)23(31)25-21(30)14-34-24-27-26-22(17-6-3-2-4-7-17)29(24)13-16-9-10-19-20(12-16)33-15-32-19/h2-12H,13-15H2,1H3,(H,25,30,31). The highest BCUT2D eigenvalue weighted by molar-refractivity contribution is 7.99. The van der Waals surface area contributed by atoms with Gasteiger partial charge in [-0.25, -0.2) is 0 Å². The van der Waals surface area contributed by atoms with Gasteiger partial charge < -0.3 is 14.0 Å². The topological polar surface area (TPSA) is 100 Å². The molecule has 10 heteroatoms. The van der Waals surface area contributed by atoms with E-state index in [1.165, 1.54) is 11.8 Å². The zero-order chi connectivity index (χ0) is 23.5. The van der Waals surface area contributed by atoms with Crippen molar-refractivity contribution in [3.05, 3.63) is 78.1 Å². The van der Waals surface area contributed by atoms with Crippen molar-refractivity contribution < 1.29 is 19.1 Å². The molecule has 3 heterocycles. The molecular formula is C24H21N5O4S. The maximum absolute atomic E-state index is 12.5. The van der Waals surface area contributed by atoms with Crippen LogP contribution >= 0.6 is 11.8 Å². The molecule has 2 aromatic carbocycles. The zero-order valence-electron chi connectivity index (χ0n) is 18.3. The molecule has 4 aromatic rings. The van der Waals surface area contributed by atoms with E-state index in [1.54, 1.807) is 29.9 Å². The summed E-state index contributed by atoms with van der Waals surface area (Å²) in [6, 6.07) is 18.9. The number of carbonyl (C=O) groups is 2. The van der Waals surface area contributed by atoms with Gasteiger partial charge in [-0.05, 0) is 29.8 Å². The Morgan fingerprint density at radius 1 is 1.03 bits per heavy atom. The fraction of sp³-hybridized carbons (Fsp3) is 0.167. The Hall–Kier alpha value is -4.05. The second kappa shape index (κ2) is 9.44. The number of imide groups is 1. The van der Waals surface area contributed by atoms with E-state index in [-0.39, 0.29) is 12.5 Å². The van der Waals surface area contributed by atoms with Crippen LogP contribution in [0.25, 0.3) is 11.4 Å². The molecule has 0 aliphatic carbocycles. The number of fused-ring (bicyclic) bond motifs is 1. The van der Waals surface area contributed by atoms with Gasteiger partial charge in [0.25, 0.3) is 5.91 Å². The summed E-state index contributed by atoms with van der Waals surface area (Å²) in [6.07, 6.45) is 1.75. The number of aromatic nitrogens is 4. The highest BCUT2D eigenvalue weighted by atomic mass is 32.2. The van der Waals surface area contributed by atoms with Crippen molar-refractivity contribution in [3.63, 3.8) is 0 Å². The van der Waals surface area contributed by atoms with Gasteiger partial charge in [0.1, 0.15) is 5.69 Å². The summed E-state index contributed by atoms with van der Waals surface area (Å²) in [4.78, 5) is 24.8. The van der Waals surface area contributed by atoms with Crippen molar-refractivity contribution in [2.45, 2.75) is 11.7 Å². The molecule has 0 bridgehead atoms. The highest BCUT2D eigenvalue weighted by Crippen LogP contribution is 2.33. The van der Waals surface area contributed by atoms with E-state index < -0.39 is 11.8 Å². The largest absolute Gasteiger partial charge is 0.454 e. The molecule has 1 aliphatic rings. The lowest BCUT2D eigenvalue weighted by Gasteiger charge is -2.11. The molecule has 2 amide bonds. The zero-order valence-corrected chi connectivity index (χ0v) is 19.1. The van der Waals surface area contributed by atoms with Gasteiger partial charge in [-0.2, -0.15) is 0 Å². The summed E-state index contributed by atoms with van der Waals surface area (Å²) >= 11 is 1.22. The van der Waals surface area contributed by atoms with Crippen LogP contribution in [0.15, 0.2) is 72.0 Å². The number of benzene rings is 2. The van der Waals surface area contributed by atoms with Gasteiger partial charge in [0.15, 0.2) is 22.5 Å². The third-order valence-electron chi connectivity index (χ3n) is 5.29. The maximum Gasteiger partial charge on any atom is 0.274 e. The number of amides is 2. The number of hydrogen-bond acceptors (Lipinski definition) is 7. The second-order valence-corrected chi connectivity index (χ2v) is 8.56. The summed E-state index contributed by atoms with van der Waals surface area (Å²) in [5.41, 5.74) is 2.30. The molecule has 0 radical (unpaired) electrons. The van der Waals surface area contributed by atoms with E-state index in [4.69, 9.17) is 9.47 Å². The quantitative estimate of drug-likeness (QED) is 0.410. The lowest BCUT2D eigenvalue weighted by Crippen LogP contribution is -2.33. The smallest absolute Gasteiger partial charge is 0.274 e. The van der Waals surface area contributed by atoms with Gasteiger partial charge in [-0.3, -0.25) is 19.5 Å². The van der Waals surface area contributed by atoms with Gasteiger partial charge in [0, 0.05) is 18.8 Å². The number of ether oxygens (including phenoxy) is 2. The van der Waals surface area contributed by atoms with Crippen molar-refractivity contribution in [1.29, 1.82) is 0 Å². The molecule has 5 rings (SSSR count). The van der Waals surface area contributed by atoms with Crippen molar-refractivity contribution in [2.75, 3.05) is 12.5 Å². The van der Waals surface area contributed by atoms with Crippen LogP contribution < -0.4 is 14.8 Å². The summed E-state index contributed by atoms with van der Waals surface area (Å²) in [5.74, 6) is 1.26. The first-order valence-electron chi connectivity index (χ1n) is 10.5. The van der Waals surface area contributed by atoms with Crippen molar-refractivity contribution in [2.24, 2.45) is 7.05 Å². The third-order valence-corrected chi connectivity index (χ3v) is 6.25. The molecule has 0 spiro atoms. The average molecular weight is 476 g/mol. The Balaban J connectivity index is 1.35. The molecule has 172 valence electrons. The number of thioether (sulfide) groups is 1. The Morgan fingerprint density at radius 3 is 2.65 bits per heavy atom. The number of nitrogens with one attached hydrogen (secondary N) is 1. The fourth-order valence-electron chi connectivity index (χ4n) is 3.61. The van der Waals surface area contributed by atoms with Crippen LogP contribution in [0.4, 0.5) is 0 Å². The predicted octanol–water partition coefficient (Wildman–Crippen LogP) is 3.11. The number of aryl methyl sites for hydroxylation is 1. The minimum absolute atomic E-state index is 0.0181. The molecule has 0 unspecified atom stereocenters. The minimum atomic E-state index is -0.440. The van der Waals surface area contributed by atoms with Gasteiger partial charge in [-0.15, -0.1) is 10.2 Å². The molecule has 0 fully saturated rings. The molecule has 0 saturated heterocycles. The molecule has 9 nitrogen and oxygen atoms in total. The molecule has 2 aromatic heterocycles. The van der Waals surface area contributed by atoms with Gasteiger partial charge in [0.2, 0.25) is 12.7 Å². The molecule has 34 heavy (non-hydrogen) atoms. The summed E-state index contributed by atoms with van der Waals surface area (Å²) < 4.78 is 14.5. The van der Waals surface area contributed by atoms with E-state index in [1.807, 2.05) is 53.1 Å². The van der Waals surface area contributed by atoms with E-state index in [0.717, 1.165) is 11.1 Å². The lowest BCUT2D eigenvalue weighted by molar-refractivity contribution is -0.117. The molecule has 1 aliphatic heterocycles. The van der Waals surface area contributed by atoms with Crippen LogP contribution in [0, 0.1) is 0 Å². The van der Waals surface area contributed by atoms with E-state index in [0.29, 0.717) is 34.7 Å². The van der Waals surface area contributed by atoms with Crippen molar-refractivity contribution in [3.8, 4) is 22.9 Å². The maximum atomic E-state index is 12.5. The first-order chi connectivity index (χ1) is 16.6. The Kier molecular flexibility index (Phi) is 6.05. The molecular weight excluding hydrogens is 454 g/mol. The van der Waals surface area contributed by atoms with Crippen LogP contribution in [-0.2, 0) is 18.4 Å². The first kappa shape index (κ1) is 21.8. The Morgan fingerprint density at radius 2 is 1.85 bits per heavy atom. The number of nitrogens with zero attached hydrogens (tertiary/aromatic N) is 4. The normalized spacial score (nSPS) is 12.0. The first-order valence-corrected chi connectivity index (χ1v) is 11.5. The van der Waals surface area contributed by atoms with Gasteiger partial charge in [0.05, 0.1) is 12.3 Å².